The summed E-state index contributed by atoms with van der Waals surface area (Å²) in [5, 5.41) is 14.4. The Morgan fingerprint density at radius 1 is 1.50 bits per heavy atom. The van der Waals surface area contributed by atoms with Gasteiger partial charge in [-0.15, -0.1) is 0 Å². The molecule has 0 bridgehead atoms. The lowest BCUT2D eigenvalue weighted by Crippen LogP contribution is -2.62. The molecule has 0 aliphatic carbocycles. The highest BCUT2D eigenvalue weighted by atomic mass is 16.4. The second-order valence-electron chi connectivity index (χ2n) is 6.06. The first-order chi connectivity index (χ1) is 9.11. The molecular formula is C13H23N3O4. The van der Waals surface area contributed by atoms with E-state index in [1.165, 1.54) is 0 Å². The fourth-order valence-corrected chi connectivity index (χ4v) is 2.20. The van der Waals surface area contributed by atoms with Crippen molar-refractivity contribution >= 4 is 17.8 Å². The third kappa shape index (κ3) is 4.48. The number of rotatable bonds is 4. The number of nitrogens with zero attached hydrogens (tertiary/aromatic N) is 1. The summed E-state index contributed by atoms with van der Waals surface area (Å²) in [6.07, 6.45) is -0.307. The van der Waals surface area contributed by atoms with Crippen molar-refractivity contribution in [3.63, 3.8) is 0 Å². The van der Waals surface area contributed by atoms with Gasteiger partial charge in [-0.1, -0.05) is 0 Å². The normalized spacial score (nSPS) is 22.0. The number of nitrogens with one attached hydrogen (secondary N) is 2. The molecule has 7 nitrogen and oxygen atoms in total. The third-order valence-electron chi connectivity index (χ3n) is 3.12. The molecule has 0 spiro atoms. The van der Waals surface area contributed by atoms with Gasteiger partial charge in [0, 0.05) is 18.6 Å². The van der Waals surface area contributed by atoms with E-state index in [4.69, 9.17) is 5.11 Å². The zero-order valence-corrected chi connectivity index (χ0v) is 12.4. The molecule has 0 aromatic heterocycles. The maximum Gasteiger partial charge on any atom is 0.305 e. The Morgan fingerprint density at radius 3 is 2.60 bits per heavy atom. The topological polar surface area (TPSA) is 98.7 Å². The predicted octanol–water partition coefficient (Wildman–Crippen LogP) is -0.435. The van der Waals surface area contributed by atoms with Crippen LogP contribution in [0.3, 0.4) is 0 Å². The number of carbonyl (C=O) groups is 3. The zero-order valence-electron chi connectivity index (χ0n) is 12.4. The summed E-state index contributed by atoms with van der Waals surface area (Å²) in [5.41, 5.74) is -0.369. The number of amides is 2. The highest BCUT2D eigenvalue weighted by Crippen LogP contribution is 2.14. The average Bonchev–Trinajstić information content (AvgIpc) is 2.28. The van der Waals surface area contributed by atoms with Crippen molar-refractivity contribution in [3.05, 3.63) is 0 Å². The Balaban J connectivity index is 2.81. The van der Waals surface area contributed by atoms with Crippen LogP contribution < -0.4 is 10.6 Å². The minimum Gasteiger partial charge on any atom is -0.481 e. The van der Waals surface area contributed by atoms with Crippen LogP contribution >= 0.6 is 0 Å². The molecule has 2 amide bonds. The van der Waals surface area contributed by atoms with E-state index in [1.807, 2.05) is 20.8 Å². The minimum atomic E-state index is -1.06. The van der Waals surface area contributed by atoms with Crippen LogP contribution in [0.2, 0.25) is 0 Å². The molecule has 3 N–H and O–H groups in total. The van der Waals surface area contributed by atoms with Crippen molar-refractivity contribution in [2.45, 2.75) is 51.7 Å². The van der Waals surface area contributed by atoms with E-state index >= 15 is 0 Å². The Kier molecular flexibility index (Phi) is 5.10. The number of hydrogen-bond acceptors (Lipinski definition) is 4. The summed E-state index contributed by atoms with van der Waals surface area (Å²) in [7, 11) is 0. The fourth-order valence-electron chi connectivity index (χ4n) is 2.20. The van der Waals surface area contributed by atoms with Gasteiger partial charge in [0.2, 0.25) is 11.8 Å². The number of carbonyl (C=O) groups excluding carboxylic acids is 2. The van der Waals surface area contributed by atoms with Gasteiger partial charge >= 0.3 is 5.97 Å². The average molecular weight is 285 g/mol. The molecule has 0 aromatic rings. The number of piperazine rings is 1. The van der Waals surface area contributed by atoms with E-state index in [1.54, 1.807) is 11.8 Å². The van der Waals surface area contributed by atoms with Gasteiger partial charge in [-0.05, 0) is 27.7 Å². The highest BCUT2D eigenvalue weighted by Gasteiger charge is 2.37. The van der Waals surface area contributed by atoms with Gasteiger partial charge in [0.05, 0.1) is 12.5 Å². The van der Waals surface area contributed by atoms with Crippen molar-refractivity contribution in [2.24, 2.45) is 0 Å². The summed E-state index contributed by atoms with van der Waals surface area (Å²) in [6.45, 7) is 8.18. The van der Waals surface area contributed by atoms with Crippen molar-refractivity contribution < 1.29 is 19.5 Å². The van der Waals surface area contributed by atoms with Crippen LogP contribution in [-0.2, 0) is 14.4 Å². The lowest BCUT2D eigenvalue weighted by Gasteiger charge is -2.38. The molecular weight excluding hydrogens is 262 g/mol. The fraction of sp³-hybridized carbons (Fsp3) is 0.769. The van der Waals surface area contributed by atoms with Crippen LogP contribution in [0.5, 0.6) is 0 Å². The van der Waals surface area contributed by atoms with E-state index in [0.29, 0.717) is 13.1 Å². The lowest BCUT2D eigenvalue weighted by molar-refractivity contribution is -0.145. The smallest absolute Gasteiger partial charge is 0.305 e. The third-order valence-corrected chi connectivity index (χ3v) is 3.12. The van der Waals surface area contributed by atoms with Gasteiger partial charge in [-0.2, -0.15) is 0 Å². The molecule has 114 valence electrons. The van der Waals surface area contributed by atoms with Gasteiger partial charge in [0.1, 0.15) is 6.04 Å². The van der Waals surface area contributed by atoms with E-state index < -0.39 is 18.1 Å². The Bertz CT molecular complexity index is 403. The molecule has 1 fully saturated rings. The van der Waals surface area contributed by atoms with Gasteiger partial charge in [-0.3, -0.25) is 19.3 Å². The number of carboxylic acid groups (broad SMARTS) is 1. The summed E-state index contributed by atoms with van der Waals surface area (Å²) in [5.74, 6) is -1.60. The van der Waals surface area contributed by atoms with E-state index in [-0.39, 0.29) is 23.8 Å². The van der Waals surface area contributed by atoms with Crippen molar-refractivity contribution in [1.82, 2.24) is 15.5 Å². The van der Waals surface area contributed by atoms with E-state index in [2.05, 4.69) is 10.6 Å². The largest absolute Gasteiger partial charge is 0.481 e. The van der Waals surface area contributed by atoms with Gasteiger partial charge in [0.25, 0.3) is 0 Å². The summed E-state index contributed by atoms with van der Waals surface area (Å²) < 4.78 is 0. The molecule has 0 radical (unpaired) electrons. The predicted molar refractivity (Wildman–Crippen MR) is 73.1 cm³/mol. The van der Waals surface area contributed by atoms with Crippen molar-refractivity contribution in [2.75, 3.05) is 13.1 Å². The maximum absolute atomic E-state index is 12.2. The molecule has 20 heavy (non-hydrogen) atoms. The van der Waals surface area contributed by atoms with Crippen LogP contribution in [0.4, 0.5) is 0 Å². The first-order valence-corrected chi connectivity index (χ1v) is 6.69. The molecule has 7 heteroatoms. The van der Waals surface area contributed by atoms with Gasteiger partial charge < -0.3 is 15.7 Å². The molecule has 0 aromatic carbocycles. The van der Waals surface area contributed by atoms with Crippen LogP contribution in [0.25, 0.3) is 0 Å². The van der Waals surface area contributed by atoms with Crippen LogP contribution in [-0.4, -0.2) is 58.5 Å². The monoisotopic (exact) mass is 285 g/mol. The lowest BCUT2D eigenvalue weighted by atomic mass is 10.0. The van der Waals surface area contributed by atoms with E-state index in [0.717, 1.165) is 0 Å². The highest BCUT2D eigenvalue weighted by molar-refractivity contribution is 5.88. The summed E-state index contributed by atoms with van der Waals surface area (Å²) in [6, 6.07) is -1.36. The van der Waals surface area contributed by atoms with Crippen molar-refractivity contribution in [1.29, 1.82) is 0 Å². The number of carboxylic acids is 1. The van der Waals surface area contributed by atoms with Gasteiger partial charge in [-0.25, -0.2) is 0 Å². The van der Waals surface area contributed by atoms with Crippen LogP contribution in [0, 0.1) is 0 Å². The van der Waals surface area contributed by atoms with E-state index in [9.17, 15) is 14.4 Å². The second-order valence-corrected chi connectivity index (χ2v) is 6.06. The molecule has 1 saturated heterocycles. The van der Waals surface area contributed by atoms with Crippen LogP contribution in [0.15, 0.2) is 0 Å². The molecule has 2 unspecified atom stereocenters. The molecule has 1 heterocycles. The molecule has 1 aliphatic rings. The molecule has 1 rings (SSSR count). The van der Waals surface area contributed by atoms with Gasteiger partial charge in [0.15, 0.2) is 0 Å². The quantitative estimate of drug-likeness (QED) is 0.650. The second kappa shape index (κ2) is 6.21. The Hall–Kier alpha value is -1.63. The SMILES string of the molecule is CC(C(=O)NC(C)(C)C)N1CCNC(=O)C1CC(=O)O. The maximum atomic E-state index is 12.2. The summed E-state index contributed by atoms with van der Waals surface area (Å²) in [4.78, 5) is 36.5. The van der Waals surface area contributed by atoms with Crippen LogP contribution in [0.1, 0.15) is 34.1 Å². The minimum absolute atomic E-state index is 0.206. The zero-order chi connectivity index (χ0) is 15.5. The molecule has 0 saturated carbocycles. The van der Waals surface area contributed by atoms with Crippen molar-refractivity contribution in [3.8, 4) is 0 Å². The molecule has 2 atom stereocenters. The first-order valence-electron chi connectivity index (χ1n) is 6.69. The number of aliphatic carboxylic acids is 1. The number of hydrogen-bond donors (Lipinski definition) is 3. The Morgan fingerprint density at radius 2 is 2.10 bits per heavy atom. The summed E-state index contributed by atoms with van der Waals surface area (Å²) >= 11 is 0. The standard InChI is InChI=1S/C13H23N3O4/c1-8(11(19)15-13(2,3)4)16-6-5-14-12(20)9(16)7-10(17)18/h8-9H,5-7H2,1-4H3,(H,14,20)(H,15,19)(H,17,18). The molecule has 1 aliphatic heterocycles. The first kappa shape index (κ1) is 16.4. The Labute approximate surface area is 118 Å².